The van der Waals surface area contributed by atoms with Crippen molar-refractivity contribution in [2.24, 2.45) is 0 Å². The largest absolute Gasteiger partial charge is 0.545 e. The molecule has 5 nitrogen and oxygen atoms in total. The molecule has 0 amide bonds. The second kappa shape index (κ2) is 5.93. The highest BCUT2D eigenvalue weighted by Crippen LogP contribution is 2.27. The Morgan fingerprint density at radius 3 is 2.48 bits per heavy atom. The van der Waals surface area contributed by atoms with E-state index in [1.54, 1.807) is 0 Å². The fraction of sp³-hybridized carbons (Fsp3) is 0. The van der Waals surface area contributed by atoms with Crippen molar-refractivity contribution >= 4 is 44.9 Å². The van der Waals surface area contributed by atoms with Crippen LogP contribution in [0.3, 0.4) is 0 Å². The molecule has 0 saturated heterocycles. The van der Waals surface area contributed by atoms with E-state index in [1.165, 1.54) is 36.4 Å². The van der Waals surface area contributed by atoms with Crippen molar-refractivity contribution in [1.82, 2.24) is 0 Å². The number of anilines is 1. The van der Waals surface area contributed by atoms with Crippen molar-refractivity contribution in [2.75, 3.05) is 4.72 Å². The van der Waals surface area contributed by atoms with Crippen LogP contribution in [0.1, 0.15) is 10.4 Å². The van der Waals surface area contributed by atoms with Crippen molar-refractivity contribution in [1.29, 1.82) is 0 Å². The van der Waals surface area contributed by atoms with Gasteiger partial charge in [0.25, 0.3) is 10.0 Å². The zero-order chi connectivity index (χ0) is 15.6. The number of benzene rings is 2. The van der Waals surface area contributed by atoms with Crippen molar-refractivity contribution in [3.05, 3.63) is 58.1 Å². The number of aromatic carboxylic acids is 1. The summed E-state index contributed by atoms with van der Waals surface area (Å²) in [5.74, 6) is -1.41. The molecule has 2 aromatic rings. The molecule has 2 rings (SSSR count). The summed E-state index contributed by atoms with van der Waals surface area (Å²) in [5.41, 5.74) is -0.0693. The normalized spacial score (nSPS) is 11.1. The molecule has 0 radical (unpaired) electrons. The maximum absolute atomic E-state index is 12.2. The van der Waals surface area contributed by atoms with Gasteiger partial charge in [-0.15, -0.1) is 0 Å². The van der Waals surface area contributed by atoms with Crippen molar-refractivity contribution < 1.29 is 18.3 Å². The molecule has 0 aromatic heterocycles. The van der Waals surface area contributed by atoms with Gasteiger partial charge in [0.1, 0.15) is 4.90 Å². The number of sulfonamides is 1. The number of carbonyl (C=O) groups is 1. The summed E-state index contributed by atoms with van der Waals surface area (Å²) < 4.78 is 26.7. The third-order valence-corrected chi connectivity index (χ3v) is 4.63. The van der Waals surface area contributed by atoms with Crippen LogP contribution in [0.15, 0.2) is 47.4 Å². The maximum atomic E-state index is 12.2. The summed E-state index contributed by atoms with van der Waals surface area (Å²) in [6, 6.07) is 9.25. The van der Waals surface area contributed by atoms with E-state index in [0.717, 1.165) is 6.07 Å². The number of carboxylic acids is 1. The summed E-state index contributed by atoms with van der Waals surface area (Å²) in [6.45, 7) is 0. The van der Waals surface area contributed by atoms with E-state index in [9.17, 15) is 18.3 Å². The molecule has 21 heavy (non-hydrogen) atoms. The molecule has 0 saturated carbocycles. The van der Waals surface area contributed by atoms with Crippen LogP contribution in [-0.2, 0) is 10.0 Å². The van der Waals surface area contributed by atoms with Gasteiger partial charge in [-0.25, -0.2) is 8.42 Å². The number of carbonyl (C=O) groups excluding carboxylic acids is 1. The highest BCUT2D eigenvalue weighted by molar-refractivity contribution is 7.92. The molecule has 0 unspecified atom stereocenters. The van der Waals surface area contributed by atoms with Crippen LogP contribution >= 0.6 is 23.2 Å². The average molecular weight is 345 g/mol. The topological polar surface area (TPSA) is 86.3 Å². The fourth-order valence-corrected chi connectivity index (χ4v) is 3.42. The molecule has 2 aromatic carbocycles. The quantitative estimate of drug-likeness (QED) is 0.920. The lowest BCUT2D eigenvalue weighted by atomic mass is 10.2. The van der Waals surface area contributed by atoms with E-state index in [2.05, 4.69) is 4.72 Å². The molecule has 0 aliphatic carbocycles. The standard InChI is InChI=1S/C13H9Cl2NO4S/c14-9-4-5-11(15)12(7-9)21(19,20)16-10-3-1-2-8(6-10)13(17)18/h1-7,16H,(H,17,18)/p-1. The molecular weight excluding hydrogens is 337 g/mol. The molecular formula is C13H8Cl2NO4S-. The first-order chi connectivity index (χ1) is 9.79. The maximum Gasteiger partial charge on any atom is 0.263 e. The lowest BCUT2D eigenvalue weighted by Gasteiger charge is -2.11. The monoisotopic (exact) mass is 344 g/mol. The summed E-state index contributed by atoms with van der Waals surface area (Å²) in [7, 11) is -3.99. The van der Waals surface area contributed by atoms with Gasteiger partial charge in [-0.1, -0.05) is 35.3 Å². The van der Waals surface area contributed by atoms with Crippen molar-refractivity contribution in [3.63, 3.8) is 0 Å². The van der Waals surface area contributed by atoms with Crippen LogP contribution in [0, 0.1) is 0 Å². The minimum absolute atomic E-state index is 0.00274. The predicted molar refractivity (Wildman–Crippen MR) is 78.0 cm³/mol. The van der Waals surface area contributed by atoms with Crippen molar-refractivity contribution in [2.45, 2.75) is 4.90 Å². The lowest BCUT2D eigenvalue weighted by molar-refractivity contribution is -0.255. The van der Waals surface area contributed by atoms with E-state index in [-0.39, 0.29) is 26.2 Å². The molecule has 0 aliphatic heterocycles. The number of carboxylic acid groups (broad SMARTS) is 1. The highest BCUT2D eigenvalue weighted by Gasteiger charge is 2.18. The van der Waals surface area contributed by atoms with Crippen molar-refractivity contribution in [3.8, 4) is 0 Å². The van der Waals surface area contributed by atoms with Gasteiger partial charge in [-0.2, -0.15) is 0 Å². The first-order valence-electron chi connectivity index (χ1n) is 5.59. The van der Waals surface area contributed by atoms with Crippen LogP contribution in [0.25, 0.3) is 0 Å². The van der Waals surface area contributed by atoms with Gasteiger partial charge >= 0.3 is 0 Å². The molecule has 0 spiro atoms. The third-order valence-electron chi connectivity index (χ3n) is 2.53. The number of nitrogens with one attached hydrogen (secondary N) is 1. The number of hydrogen-bond acceptors (Lipinski definition) is 4. The van der Waals surface area contributed by atoms with Crippen LogP contribution in [0.2, 0.25) is 10.0 Å². The predicted octanol–water partition coefficient (Wildman–Crippen LogP) is 2.16. The second-order valence-corrected chi connectivity index (χ2v) is 6.54. The molecule has 110 valence electrons. The Morgan fingerprint density at radius 2 is 1.81 bits per heavy atom. The van der Waals surface area contributed by atoms with Crippen LogP contribution in [0.4, 0.5) is 5.69 Å². The molecule has 0 heterocycles. The lowest BCUT2D eigenvalue weighted by Crippen LogP contribution is -2.22. The van der Waals surface area contributed by atoms with Crippen LogP contribution < -0.4 is 9.83 Å². The van der Waals surface area contributed by atoms with E-state index in [1.807, 2.05) is 0 Å². The Kier molecular flexibility index (Phi) is 4.41. The Bertz CT molecular complexity index is 806. The van der Waals surface area contributed by atoms with E-state index in [4.69, 9.17) is 23.2 Å². The zero-order valence-corrected chi connectivity index (χ0v) is 12.7. The highest BCUT2D eigenvalue weighted by atomic mass is 35.5. The molecule has 1 N–H and O–H groups in total. The van der Waals surface area contributed by atoms with E-state index in [0.29, 0.717) is 0 Å². The Labute approximate surface area is 131 Å². The summed E-state index contributed by atoms with van der Waals surface area (Å²) in [6.07, 6.45) is 0. The minimum Gasteiger partial charge on any atom is -0.545 e. The van der Waals surface area contributed by atoms with E-state index < -0.39 is 16.0 Å². The molecule has 0 atom stereocenters. The van der Waals surface area contributed by atoms with Crippen LogP contribution in [-0.4, -0.2) is 14.4 Å². The molecule has 0 fully saturated rings. The third kappa shape index (κ3) is 3.66. The molecule has 0 bridgehead atoms. The first kappa shape index (κ1) is 15.6. The Hall–Kier alpha value is -1.76. The van der Waals surface area contributed by atoms with Gasteiger partial charge in [0.2, 0.25) is 0 Å². The Balaban J connectivity index is 2.40. The van der Waals surface area contributed by atoms with Gasteiger partial charge < -0.3 is 9.90 Å². The average Bonchev–Trinajstić information content (AvgIpc) is 2.41. The summed E-state index contributed by atoms with van der Waals surface area (Å²) >= 11 is 11.6. The van der Waals surface area contributed by atoms with Gasteiger partial charge in [-0.3, -0.25) is 4.72 Å². The first-order valence-corrected chi connectivity index (χ1v) is 7.83. The fourth-order valence-electron chi connectivity index (χ4n) is 1.60. The number of rotatable bonds is 4. The SMILES string of the molecule is O=C([O-])c1cccc(NS(=O)(=O)c2cc(Cl)ccc2Cl)c1. The summed E-state index contributed by atoms with van der Waals surface area (Å²) in [5, 5.41) is 11.0. The minimum atomic E-state index is -3.99. The van der Waals surface area contributed by atoms with Crippen LogP contribution in [0.5, 0.6) is 0 Å². The second-order valence-electron chi connectivity index (χ2n) is 4.05. The summed E-state index contributed by atoms with van der Waals surface area (Å²) in [4.78, 5) is 10.6. The number of halogens is 2. The van der Waals surface area contributed by atoms with Gasteiger partial charge in [0.15, 0.2) is 0 Å². The zero-order valence-electron chi connectivity index (χ0n) is 10.3. The number of hydrogen-bond donors (Lipinski definition) is 1. The van der Waals surface area contributed by atoms with Gasteiger partial charge in [-0.05, 0) is 35.9 Å². The van der Waals surface area contributed by atoms with E-state index >= 15 is 0 Å². The Morgan fingerprint density at radius 1 is 1.10 bits per heavy atom. The van der Waals surface area contributed by atoms with Gasteiger partial charge in [0.05, 0.1) is 11.0 Å². The molecule has 8 heteroatoms. The molecule has 0 aliphatic rings. The smallest absolute Gasteiger partial charge is 0.263 e. The van der Waals surface area contributed by atoms with Gasteiger partial charge in [0, 0.05) is 10.7 Å².